The summed E-state index contributed by atoms with van der Waals surface area (Å²) in [7, 11) is 1.91. The van der Waals surface area contributed by atoms with E-state index < -0.39 is 0 Å². The molecule has 0 spiro atoms. The zero-order valence-corrected chi connectivity index (χ0v) is 12.0. The van der Waals surface area contributed by atoms with Gasteiger partial charge in [-0.05, 0) is 30.3 Å². The number of halogens is 1. The van der Waals surface area contributed by atoms with Gasteiger partial charge in [-0.25, -0.2) is 10.4 Å². The van der Waals surface area contributed by atoms with Gasteiger partial charge in [0.1, 0.15) is 5.75 Å². The molecule has 5 nitrogen and oxygen atoms in total. The minimum atomic E-state index is 0.120. The number of fused-ring (bicyclic) bond motifs is 1. The summed E-state index contributed by atoms with van der Waals surface area (Å²) in [6.07, 6.45) is 1.50. The highest BCUT2D eigenvalue weighted by atomic mass is 35.5. The minimum absolute atomic E-state index is 0.120. The van der Waals surface area contributed by atoms with Crippen LogP contribution in [0.3, 0.4) is 0 Å². The number of hydrogen-bond donors (Lipinski definition) is 2. The quantitative estimate of drug-likeness (QED) is 0.576. The number of imidazole rings is 1. The maximum atomic E-state index is 9.70. The summed E-state index contributed by atoms with van der Waals surface area (Å²) in [5.41, 5.74) is 5.31. The molecule has 0 amide bonds. The number of anilines is 1. The summed E-state index contributed by atoms with van der Waals surface area (Å²) in [5, 5.41) is 14.3. The van der Waals surface area contributed by atoms with Gasteiger partial charge in [-0.3, -0.25) is 0 Å². The smallest absolute Gasteiger partial charge is 0.224 e. The maximum Gasteiger partial charge on any atom is 0.224 e. The molecule has 3 rings (SSSR count). The van der Waals surface area contributed by atoms with Crippen LogP contribution in [0.1, 0.15) is 5.56 Å². The molecule has 0 aliphatic carbocycles. The fraction of sp³-hybridized carbons (Fsp3) is 0.0667. The Morgan fingerprint density at radius 1 is 1.29 bits per heavy atom. The number of hydrazone groups is 1. The number of aryl methyl sites for hydroxylation is 1. The number of nitrogens with one attached hydrogen (secondary N) is 1. The number of phenols is 1. The van der Waals surface area contributed by atoms with Crippen LogP contribution in [0.4, 0.5) is 5.95 Å². The summed E-state index contributed by atoms with van der Waals surface area (Å²) in [5.74, 6) is 0.740. The Hall–Kier alpha value is -2.53. The standard InChI is InChI=1S/C15H13ClN4O/c1-20-13-5-3-2-4-12(13)18-15(20)19-17-9-10-8-11(16)6-7-14(10)21/h2-9,21H,1H3,(H,18,19). The van der Waals surface area contributed by atoms with E-state index in [1.54, 1.807) is 12.1 Å². The van der Waals surface area contributed by atoms with E-state index in [1.165, 1.54) is 12.3 Å². The van der Waals surface area contributed by atoms with E-state index >= 15 is 0 Å². The second-order valence-corrected chi connectivity index (χ2v) is 4.99. The maximum absolute atomic E-state index is 9.70. The summed E-state index contributed by atoms with van der Waals surface area (Å²) in [6, 6.07) is 12.6. The van der Waals surface area contributed by atoms with Gasteiger partial charge in [0.15, 0.2) is 0 Å². The monoisotopic (exact) mass is 300 g/mol. The molecule has 0 radical (unpaired) electrons. The van der Waals surface area contributed by atoms with Crippen LogP contribution in [-0.4, -0.2) is 20.9 Å². The summed E-state index contributed by atoms with van der Waals surface area (Å²) < 4.78 is 1.91. The topological polar surface area (TPSA) is 62.4 Å². The largest absolute Gasteiger partial charge is 0.507 e. The second-order valence-electron chi connectivity index (χ2n) is 4.56. The third-order valence-corrected chi connectivity index (χ3v) is 3.38. The van der Waals surface area contributed by atoms with Gasteiger partial charge in [0.2, 0.25) is 5.95 Å². The molecular weight excluding hydrogens is 288 g/mol. The van der Waals surface area contributed by atoms with Crippen LogP contribution in [0, 0.1) is 0 Å². The summed E-state index contributed by atoms with van der Waals surface area (Å²) in [4.78, 5) is 4.43. The van der Waals surface area contributed by atoms with Gasteiger partial charge in [-0.2, -0.15) is 5.10 Å². The van der Waals surface area contributed by atoms with Crippen LogP contribution in [0.2, 0.25) is 5.02 Å². The number of rotatable bonds is 3. The molecule has 2 aromatic carbocycles. The van der Waals surface area contributed by atoms with Gasteiger partial charge in [-0.15, -0.1) is 0 Å². The molecule has 1 heterocycles. The molecular formula is C15H13ClN4O. The number of aromatic nitrogens is 2. The lowest BCUT2D eigenvalue weighted by atomic mass is 10.2. The minimum Gasteiger partial charge on any atom is -0.507 e. The van der Waals surface area contributed by atoms with Crippen molar-refractivity contribution in [3.05, 3.63) is 53.1 Å². The first-order chi connectivity index (χ1) is 10.1. The Bertz CT molecular complexity index is 826. The van der Waals surface area contributed by atoms with Crippen molar-refractivity contribution < 1.29 is 5.11 Å². The fourth-order valence-electron chi connectivity index (χ4n) is 2.03. The van der Waals surface area contributed by atoms with Gasteiger partial charge in [0, 0.05) is 17.6 Å². The Labute approximate surface area is 126 Å². The van der Waals surface area contributed by atoms with Crippen molar-refractivity contribution in [1.82, 2.24) is 9.55 Å². The third kappa shape index (κ3) is 2.68. The molecule has 0 atom stereocenters. The second kappa shape index (κ2) is 5.46. The normalized spacial score (nSPS) is 11.3. The van der Waals surface area contributed by atoms with Crippen LogP contribution < -0.4 is 5.43 Å². The lowest BCUT2D eigenvalue weighted by molar-refractivity contribution is 0.474. The summed E-state index contributed by atoms with van der Waals surface area (Å²) in [6.45, 7) is 0. The van der Waals surface area contributed by atoms with Gasteiger partial charge in [0.25, 0.3) is 0 Å². The number of para-hydroxylation sites is 2. The van der Waals surface area contributed by atoms with Crippen molar-refractivity contribution >= 4 is 34.8 Å². The van der Waals surface area contributed by atoms with Gasteiger partial charge < -0.3 is 9.67 Å². The van der Waals surface area contributed by atoms with Crippen molar-refractivity contribution in [3.63, 3.8) is 0 Å². The lowest BCUT2D eigenvalue weighted by Gasteiger charge is -2.01. The van der Waals surface area contributed by atoms with Gasteiger partial charge in [0.05, 0.1) is 17.2 Å². The number of hydrogen-bond acceptors (Lipinski definition) is 4. The zero-order valence-electron chi connectivity index (χ0n) is 11.3. The molecule has 0 fully saturated rings. The zero-order chi connectivity index (χ0) is 14.8. The van der Waals surface area contributed by atoms with Crippen molar-refractivity contribution in [3.8, 4) is 5.75 Å². The highest BCUT2D eigenvalue weighted by molar-refractivity contribution is 6.30. The van der Waals surface area contributed by atoms with E-state index in [1.807, 2.05) is 35.9 Å². The van der Waals surface area contributed by atoms with Gasteiger partial charge >= 0.3 is 0 Å². The molecule has 21 heavy (non-hydrogen) atoms. The van der Waals surface area contributed by atoms with Crippen molar-refractivity contribution in [2.24, 2.45) is 12.1 Å². The predicted octanol–water partition coefficient (Wildman–Crippen LogP) is 3.38. The number of nitrogens with zero attached hydrogens (tertiary/aromatic N) is 3. The molecule has 0 bridgehead atoms. The van der Waals surface area contributed by atoms with Crippen LogP contribution in [0.25, 0.3) is 11.0 Å². The molecule has 3 aromatic rings. The fourth-order valence-corrected chi connectivity index (χ4v) is 2.21. The van der Waals surface area contributed by atoms with E-state index in [4.69, 9.17) is 11.6 Å². The number of phenolic OH excluding ortho intramolecular Hbond substituents is 1. The van der Waals surface area contributed by atoms with Crippen LogP contribution in [0.15, 0.2) is 47.6 Å². The first-order valence-electron chi connectivity index (χ1n) is 6.34. The van der Waals surface area contributed by atoms with Crippen LogP contribution in [0.5, 0.6) is 5.75 Å². The van der Waals surface area contributed by atoms with Crippen molar-refractivity contribution in [2.75, 3.05) is 5.43 Å². The van der Waals surface area contributed by atoms with Gasteiger partial charge in [-0.1, -0.05) is 23.7 Å². The Morgan fingerprint density at radius 2 is 2.10 bits per heavy atom. The molecule has 2 N–H and O–H groups in total. The van der Waals surface area contributed by atoms with Crippen LogP contribution >= 0.6 is 11.6 Å². The molecule has 1 aromatic heterocycles. The van der Waals surface area contributed by atoms with E-state index in [2.05, 4.69) is 15.5 Å². The Kier molecular flexibility index (Phi) is 3.50. The van der Waals surface area contributed by atoms with Crippen molar-refractivity contribution in [1.29, 1.82) is 0 Å². The first-order valence-corrected chi connectivity index (χ1v) is 6.72. The number of aromatic hydroxyl groups is 1. The molecule has 6 heteroatoms. The molecule has 0 aliphatic rings. The third-order valence-electron chi connectivity index (χ3n) is 3.14. The lowest BCUT2D eigenvalue weighted by Crippen LogP contribution is -1.98. The highest BCUT2D eigenvalue weighted by Gasteiger charge is 2.05. The van der Waals surface area contributed by atoms with Crippen molar-refractivity contribution in [2.45, 2.75) is 0 Å². The predicted molar refractivity (Wildman–Crippen MR) is 85.0 cm³/mol. The van der Waals surface area contributed by atoms with E-state index in [-0.39, 0.29) is 5.75 Å². The van der Waals surface area contributed by atoms with E-state index in [0.29, 0.717) is 16.5 Å². The molecule has 106 valence electrons. The average Bonchev–Trinajstić information content (AvgIpc) is 2.80. The molecule has 0 unspecified atom stereocenters. The molecule has 0 saturated carbocycles. The van der Waals surface area contributed by atoms with Crippen LogP contribution in [-0.2, 0) is 7.05 Å². The Morgan fingerprint density at radius 3 is 2.90 bits per heavy atom. The molecule has 0 saturated heterocycles. The number of benzene rings is 2. The Balaban J connectivity index is 1.84. The SMILES string of the molecule is Cn1c(NN=Cc2cc(Cl)ccc2O)nc2ccccc21. The average molecular weight is 301 g/mol. The molecule has 0 aliphatic heterocycles. The van der Waals surface area contributed by atoms with E-state index in [0.717, 1.165) is 11.0 Å². The first kappa shape index (κ1) is 13.5. The summed E-state index contributed by atoms with van der Waals surface area (Å²) >= 11 is 5.88. The van der Waals surface area contributed by atoms with E-state index in [9.17, 15) is 5.11 Å². The highest BCUT2D eigenvalue weighted by Crippen LogP contribution is 2.20.